The highest BCUT2D eigenvalue weighted by Crippen LogP contribution is 2.07. The van der Waals surface area contributed by atoms with E-state index in [1.807, 2.05) is 6.92 Å². The summed E-state index contributed by atoms with van der Waals surface area (Å²) < 4.78 is 5.00. The highest BCUT2D eigenvalue weighted by atomic mass is 16.5. The number of carbonyl (C=O) groups excluding carboxylic acids is 2. The Kier molecular flexibility index (Phi) is 5.97. The van der Waals surface area contributed by atoms with Crippen molar-refractivity contribution in [3.63, 3.8) is 0 Å². The van der Waals surface area contributed by atoms with E-state index < -0.39 is 0 Å². The zero-order valence-corrected chi connectivity index (χ0v) is 10.6. The van der Waals surface area contributed by atoms with Crippen molar-refractivity contribution in [3.05, 3.63) is 0 Å². The molecule has 1 amide bonds. The van der Waals surface area contributed by atoms with Gasteiger partial charge in [0.05, 0.1) is 12.6 Å². The van der Waals surface area contributed by atoms with Gasteiger partial charge in [-0.05, 0) is 26.2 Å². The number of carbonyl (C=O) groups is 2. The van der Waals surface area contributed by atoms with Crippen molar-refractivity contribution in [1.82, 2.24) is 10.6 Å². The molecule has 0 aromatic heterocycles. The molecule has 5 heteroatoms. The van der Waals surface area contributed by atoms with E-state index in [0.717, 1.165) is 25.8 Å². The van der Waals surface area contributed by atoms with Gasteiger partial charge in [0.1, 0.15) is 6.04 Å². The monoisotopic (exact) mass is 242 g/mol. The van der Waals surface area contributed by atoms with Gasteiger partial charge in [-0.25, -0.2) is 0 Å². The Hall–Kier alpha value is -1.10. The highest BCUT2D eigenvalue weighted by Gasteiger charge is 2.28. The summed E-state index contributed by atoms with van der Waals surface area (Å²) in [7, 11) is 0. The van der Waals surface area contributed by atoms with Gasteiger partial charge >= 0.3 is 5.97 Å². The van der Waals surface area contributed by atoms with Crippen LogP contribution in [0.1, 0.15) is 39.5 Å². The lowest BCUT2D eigenvalue weighted by atomic mass is 10.0. The number of esters is 1. The molecule has 17 heavy (non-hydrogen) atoms. The molecule has 0 aromatic rings. The van der Waals surface area contributed by atoms with Crippen LogP contribution in [0.4, 0.5) is 0 Å². The maximum absolute atomic E-state index is 11.7. The number of rotatable bonds is 6. The first-order chi connectivity index (χ1) is 8.19. The summed E-state index contributed by atoms with van der Waals surface area (Å²) >= 11 is 0. The van der Waals surface area contributed by atoms with Crippen LogP contribution in [-0.4, -0.2) is 37.1 Å². The molecular formula is C12H22N2O3. The normalized spacial score (nSPS) is 21.8. The quantitative estimate of drug-likeness (QED) is 0.669. The van der Waals surface area contributed by atoms with Crippen molar-refractivity contribution >= 4 is 11.9 Å². The van der Waals surface area contributed by atoms with E-state index >= 15 is 0 Å². The molecule has 0 saturated carbocycles. The van der Waals surface area contributed by atoms with Crippen LogP contribution in [-0.2, 0) is 14.3 Å². The number of piperidine rings is 1. The van der Waals surface area contributed by atoms with Gasteiger partial charge in [-0.3, -0.25) is 14.9 Å². The van der Waals surface area contributed by atoms with Crippen LogP contribution >= 0.6 is 0 Å². The van der Waals surface area contributed by atoms with Crippen molar-refractivity contribution in [2.45, 2.75) is 51.6 Å². The van der Waals surface area contributed by atoms with Crippen molar-refractivity contribution in [3.8, 4) is 0 Å². The molecule has 1 aliphatic heterocycles. The van der Waals surface area contributed by atoms with Crippen molar-refractivity contribution in [2.75, 3.05) is 13.2 Å². The zero-order valence-electron chi connectivity index (χ0n) is 10.6. The Balaban J connectivity index is 2.52. The molecule has 1 saturated heterocycles. The third kappa shape index (κ3) is 4.34. The van der Waals surface area contributed by atoms with Crippen LogP contribution in [0.5, 0.6) is 0 Å². The van der Waals surface area contributed by atoms with Gasteiger partial charge in [0.2, 0.25) is 5.91 Å². The average molecular weight is 242 g/mol. The minimum atomic E-state index is -0.367. The minimum absolute atomic E-state index is 0.0124. The first kappa shape index (κ1) is 14.0. The third-order valence-corrected chi connectivity index (χ3v) is 2.84. The summed E-state index contributed by atoms with van der Waals surface area (Å²) in [6.07, 6.45) is 3.31. The van der Waals surface area contributed by atoms with Gasteiger partial charge in [0.15, 0.2) is 0 Å². The molecule has 2 atom stereocenters. The molecule has 1 aliphatic rings. The predicted octanol–water partition coefficient (Wildman–Crippen LogP) is 0.586. The fraction of sp³-hybridized carbons (Fsp3) is 0.833. The fourth-order valence-corrected chi connectivity index (χ4v) is 1.97. The molecule has 2 unspecified atom stereocenters. The number of ether oxygens (including phenoxy) is 1. The molecule has 0 aliphatic carbocycles. The van der Waals surface area contributed by atoms with Crippen LogP contribution in [0.25, 0.3) is 0 Å². The second-order valence-electron chi connectivity index (χ2n) is 4.25. The van der Waals surface area contributed by atoms with Crippen LogP contribution in [0, 0.1) is 0 Å². The minimum Gasteiger partial charge on any atom is -0.465 e. The summed E-state index contributed by atoms with van der Waals surface area (Å²) in [5.74, 6) is -0.269. The Bertz CT molecular complexity index is 268. The summed E-state index contributed by atoms with van der Waals surface area (Å²) in [4.78, 5) is 23.3. The Morgan fingerprint density at radius 2 is 2.35 bits per heavy atom. The van der Waals surface area contributed by atoms with Gasteiger partial charge in [-0.1, -0.05) is 13.3 Å². The Labute approximate surface area is 102 Å². The highest BCUT2D eigenvalue weighted by molar-refractivity contribution is 5.84. The van der Waals surface area contributed by atoms with Gasteiger partial charge in [0, 0.05) is 6.54 Å². The molecule has 1 heterocycles. The Morgan fingerprint density at radius 3 is 2.94 bits per heavy atom. The lowest BCUT2D eigenvalue weighted by Crippen LogP contribution is -2.53. The van der Waals surface area contributed by atoms with E-state index in [0.29, 0.717) is 13.0 Å². The molecule has 0 aromatic carbocycles. The molecule has 5 nitrogen and oxygen atoms in total. The van der Waals surface area contributed by atoms with Gasteiger partial charge < -0.3 is 10.1 Å². The SMILES string of the molecule is CCCC(NC1CCCNC1=O)C(=O)OCC. The molecule has 1 fully saturated rings. The second-order valence-corrected chi connectivity index (χ2v) is 4.25. The summed E-state index contributed by atoms with van der Waals surface area (Å²) in [5, 5.41) is 5.90. The van der Waals surface area contributed by atoms with Crippen LogP contribution in [0.2, 0.25) is 0 Å². The van der Waals surface area contributed by atoms with E-state index in [2.05, 4.69) is 10.6 Å². The standard InChI is InChI=1S/C12H22N2O3/c1-3-6-10(12(16)17-4-2)14-9-7-5-8-13-11(9)15/h9-10,14H,3-8H2,1-2H3,(H,13,15). The number of hydrogen-bond donors (Lipinski definition) is 2. The molecule has 1 rings (SSSR count). The van der Waals surface area contributed by atoms with Crippen LogP contribution < -0.4 is 10.6 Å². The summed E-state index contributed by atoms with van der Waals surface area (Å²) in [6, 6.07) is -0.626. The van der Waals surface area contributed by atoms with E-state index in [1.165, 1.54) is 0 Å². The molecule has 0 spiro atoms. The number of nitrogens with one attached hydrogen (secondary N) is 2. The average Bonchev–Trinajstić information content (AvgIpc) is 2.31. The van der Waals surface area contributed by atoms with E-state index in [-0.39, 0.29) is 24.0 Å². The third-order valence-electron chi connectivity index (χ3n) is 2.84. The molecule has 2 N–H and O–H groups in total. The molecule has 98 valence electrons. The smallest absolute Gasteiger partial charge is 0.323 e. The maximum Gasteiger partial charge on any atom is 0.323 e. The number of amides is 1. The largest absolute Gasteiger partial charge is 0.465 e. The van der Waals surface area contributed by atoms with E-state index in [9.17, 15) is 9.59 Å². The van der Waals surface area contributed by atoms with E-state index in [4.69, 9.17) is 4.74 Å². The van der Waals surface area contributed by atoms with Crippen LogP contribution in [0.3, 0.4) is 0 Å². The topological polar surface area (TPSA) is 67.4 Å². The predicted molar refractivity (Wildman–Crippen MR) is 64.5 cm³/mol. The fourth-order valence-electron chi connectivity index (χ4n) is 1.97. The zero-order chi connectivity index (χ0) is 12.7. The van der Waals surface area contributed by atoms with Crippen molar-refractivity contribution in [2.24, 2.45) is 0 Å². The maximum atomic E-state index is 11.7. The molecule has 0 radical (unpaired) electrons. The Morgan fingerprint density at radius 1 is 1.59 bits per heavy atom. The first-order valence-electron chi connectivity index (χ1n) is 6.39. The lowest BCUT2D eigenvalue weighted by Gasteiger charge is -2.26. The molecular weight excluding hydrogens is 220 g/mol. The van der Waals surface area contributed by atoms with Gasteiger partial charge in [0.25, 0.3) is 0 Å². The molecule has 0 bridgehead atoms. The van der Waals surface area contributed by atoms with Gasteiger partial charge in [-0.15, -0.1) is 0 Å². The summed E-state index contributed by atoms with van der Waals surface area (Å²) in [6.45, 7) is 4.90. The van der Waals surface area contributed by atoms with Gasteiger partial charge in [-0.2, -0.15) is 0 Å². The lowest BCUT2D eigenvalue weighted by molar-refractivity contribution is -0.146. The first-order valence-corrected chi connectivity index (χ1v) is 6.39. The number of hydrogen-bond acceptors (Lipinski definition) is 4. The summed E-state index contributed by atoms with van der Waals surface area (Å²) in [5.41, 5.74) is 0. The van der Waals surface area contributed by atoms with E-state index in [1.54, 1.807) is 6.92 Å². The van der Waals surface area contributed by atoms with Crippen LogP contribution in [0.15, 0.2) is 0 Å². The second kappa shape index (κ2) is 7.27. The van der Waals surface area contributed by atoms with Crippen molar-refractivity contribution in [1.29, 1.82) is 0 Å². The van der Waals surface area contributed by atoms with Crippen molar-refractivity contribution < 1.29 is 14.3 Å².